The lowest BCUT2D eigenvalue weighted by molar-refractivity contribution is 0.0600. The topological polar surface area (TPSA) is 64.6 Å². The van der Waals surface area contributed by atoms with Crippen LogP contribution in [0.5, 0.6) is 5.75 Å². The molecule has 5 nitrogen and oxygen atoms in total. The van der Waals surface area contributed by atoms with Gasteiger partial charge in [0, 0.05) is 10.2 Å². The smallest absolute Gasteiger partial charge is 0.337 e. The van der Waals surface area contributed by atoms with Crippen molar-refractivity contribution in [1.29, 1.82) is 0 Å². The predicted octanol–water partition coefficient (Wildman–Crippen LogP) is 4.91. The van der Waals surface area contributed by atoms with Crippen LogP contribution in [0.2, 0.25) is 0 Å². The highest BCUT2D eigenvalue weighted by atomic mass is 79.9. The summed E-state index contributed by atoms with van der Waals surface area (Å²) in [4.78, 5) is 24.1. The number of hydrogen-bond donors (Lipinski definition) is 1. The van der Waals surface area contributed by atoms with E-state index >= 15 is 0 Å². The fourth-order valence-corrected chi connectivity index (χ4v) is 2.58. The molecule has 1 N–H and O–H groups in total. The van der Waals surface area contributed by atoms with Gasteiger partial charge in [-0.2, -0.15) is 0 Å². The first kappa shape index (κ1) is 20.0. The lowest BCUT2D eigenvalue weighted by Gasteiger charge is -2.13. The van der Waals surface area contributed by atoms with Crippen LogP contribution < -0.4 is 10.1 Å². The van der Waals surface area contributed by atoms with Crippen molar-refractivity contribution >= 4 is 33.5 Å². The van der Waals surface area contributed by atoms with E-state index in [1.807, 2.05) is 6.07 Å². The lowest BCUT2D eigenvalue weighted by Crippen LogP contribution is -2.14. The molecule has 0 aliphatic rings. The van der Waals surface area contributed by atoms with E-state index in [2.05, 4.69) is 39.8 Å². The molecule has 0 bridgehead atoms. The lowest BCUT2D eigenvalue weighted by atomic mass is 10.1. The number of anilines is 1. The summed E-state index contributed by atoms with van der Waals surface area (Å²) in [5.74, 6) is 0.362. The average molecular weight is 420 g/mol. The van der Waals surface area contributed by atoms with Crippen molar-refractivity contribution in [3.05, 3.63) is 58.1 Å². The average Bonchev–Trinajstić information content (AvgIpc) is 2.62. The summed E-state index contributed by atoms with van der Waals surface area (Å²) < 4.78 is 11.2. The molecule has 0 fully saturated rings. The molecule has 0 unspecified atom stereocenters. The largest absolute Gasteiger partial charge is 0.493 e. The third kappa shape index (κ3) is 5.59. The maximum Gasteiger partial charge on any atom is 0.337 e. The van der Waals surface area contributed by atoms with Crippen LogP contribution in [0.25, 0.3) is 0 Å². The summed E-state index contributed by atoms with van der Waals surface area (Å²) in [7, 11) is 1.33. The predicted molar refractivity (Wildman–Crippen MR) is 105 cm³/mol. The molecule has 0 saturated heterocycles. The van der Waals surface area contributed by atoms with E-state index in [0.29, 0.717) is 35.1 Å². The number of carbonyl (C=O) groups excluding carboxylic acids is 2. The fraction of sp³-hybridized carbons (Fsp3) is 0.300. The minimum atomic E-state index is -0.421. The maximum atomic E-state index is 12.7. The first-order valence-electron chi connectivity index (χ1n) is 8.32. The van der Waals surface area contributed by atoms with E-state index in [1.165, 1.54) is 7.11 Å². The molecule has 2 rings (SSSR count). The molecule has 26 heavy (non-hydrogen) atoms. The highest BCUT2D eigenvalue weighted by Crippen LogP contribution is 2.25. The van der Waals surface area contributed by atoms with Gasteiger partial charge in [0.15, 0.2) is 0 Å². The summed E-state index contributed by atoms with van der Waals surface area (Å²) in [5.41, 5.74) is 1.45. The Balaban J connectivity index is 2.13. The van der Waals surface area contributed by atoms with Crippen molar-refractivity contribution in [2.45, 2.75) is 20.3 Å². The van der Waals surface area contributed by atoms with Gasteiger partial charge in [-0.3, -0.25) is 4.79 Å². The Morgan fingerprint density at radius 2 is 1.81 bits per heavy atom. The maximum absolute atomic E-state index is 12.7. The molecular weight excluding hydrogens is 398 g/mol. The van der Waals surface area contributed by atoms with Gasteiger partial charge < -0.3 is 14.8 Å². The van der Waals surface area contributed by atoms with Crippen LogP contribution in [0.3, 0.4) is 0 Å². The molecule has 0 spiro atoms. The van der Waals surface area contributed by atoms with Crippen LogP contribution in [-0.2, 0) is 4.74 Å². The highest BCUT2D eigenvalue weighted by molar-refractivity contribution is 9.10. The first-order valence-corrected chi connectivity index (χ1v) is 9.12. The van der Waals surface area contributed by atoms with Gasteiger partial charge in [-0.1, -0.05) is 29.8 Å². The van der Waals surface area contributed by atoms with Crippen LogP contribution in [-0.4, -0.2) is 25.6 Å². The van der Waals surface area contributed by atoms with Crippen LogP contribution in [0.1, 0.15) is 41.0 Å². The second-order valence-electron chi connectivity index (χ2n) is 6.19. The molecule has 0 heterocycles. The van der Waals surface area contributed by atoms with E-state index in [4.69, 9.17) is 4.74 Å². The van der Waals surface area contributed by atoms with Gasteiger partial charge in [0.25, 0.3) is 5.91 Å². The number of halogens is 1. The van der Waals surface area contributed by atoms with Gasteiger partial charge in [-0.05, 0) is 54.8 Å². The Morgan fingerprint density at radius 3 is 2.42 bits per heavy atom. The molecular formula is C20H22BrNO4. The van der Waals surface area contributed by atoms with Gasteiger partial charge in [0.05, 0.1) is 24.8 Å². The Hall–Kier alpha value is -2.34. The Bertz CT molecular complexity index is 772. The van der Waals surface area contributed by atoms with Gasteiger partial charge >= 0.3 is 5.97 Å². The zero-order valence-electron chi connectivity index (χ0n) is 15.0. The molecule has 1 amide bonds. The Kier molecular flexibility index (Phi) is 7.21. The summed E-state index contributed by atoms with van der Waals surface area (Å²) in [6, 6.07) is 11.9. The summed E-state index contributed by atoms with van der Waals surface area (Å²) in [6.45, 7) is 4.79. The summed E-state index contributed by atoms with van der Waals surface area (Å²) in [6.07, 6.45) is 0.909. The number of rotatable bonds is 7. The van der Waals surface area contributed by atoms with Crippen molar-refractivity contribution in [3.8, 4) is 5.75 Å². The molecule has 0 aromatic heterocycles. The van der Waals surface area contributed by atoms with Gasteiger partial charge in [-0.15, -0.1) is 0 Å². The number of benzene rings is 2. The second-order valence-corrected chi connectivity index (χ2v) is 7.11. The molecule has 0 atom stereocenters. The van der Waals surface area contributed by atoms with E-state index in [1.54, 1.807) is 36.4 Å². The summed E-state index contributed by atoms with van der Waals surface area (Å²) >= 11 is 3.39. The second kappa shape index (κ2) is 9.38. The van der Waals surface area contributed by atoms with Crippen molar-refractivity contribution in [1.82, 2.24) is 0 Å². The SMILES string of the molecule is COC(=O)c1ccc(NC(=O)c2cc(Br)ccc2OCCC(C)C)cc1. The van der Waals surface area contributed by atoms with Crippen LogP contribution in [0, 0.1) is 5.92 Å². The van der Waals surface area contributed by atoms with Gasteiger partial charge in [-0.25, -0.2) is 4.79 Å². The van der Waals surface area contributed by atoms with Crippen molar-refractivity contribution in [2.24, 2.45) is 5.92 Å². The Morgan fingerprint density at radius 1 is 1.12 bits per heavy atom. The van der Waals surface area contributed by atoms with E-state index < -0.39 is 5.97 Å². The minimum absolute atomic E-state index is 0.281. The molecule has 0 aliphatic carbocycles. The van der Waals surface area contributed by atoms with E-state index in [-0.39, 0.29) is 5.91 Å². The summed E-state index contributed by atoms with van der Waals surface area (Å²) in [5, 5.41) is 2.82. The zero-order valence-corrected chi connectivity index (χ0v) is 16.6. The van der Waals surface area contributed by atoms with Crippen molar-refractivity contribution < 1.29 is 19.1 Å². The number of carbonyl (C=O) groups is 2. The van der Waals surface area contributed by atoms with Gasteiger partial charge in [0.1, 0.15) is 5.75 Å². The molecule has 6 heteroatoms. The molecule has 2 aromatic rings. The third-order valence-electron chi connectivity index (χ3n) is 3.70. The monoisotopic (exact) mass is 419 g/mol. The van der Waals surface area contributed by atoms with Gasteiger partial charge in [0.2, 0.25) is 0 Å². The number of hydrogen-bond acceptors (Lipinski definition) is 4. The standard InChI is InChI=1S/C20H22BrNO4/c1-13(2)10-11-26-18-9-6-15(21)12-17(18)19(23)22-16-7-4-14(5-8-16)20(24)25-3/h4-9,12-13H,10-11H2,1-3H3,(H,22,23). The van der Waals surface area contributed by atoms with E-state index in [0.717, 1.165) is 10.9 Å². The van der Waals surface area contributed by atoms with Crippen molar-refractivity contribution in [3.63, 3.8) is 0 Å². The first-order chi connectivity index (χ1) is 12.4. The molecule has 2 aromatic carbocycles. The number of ether oxygens (including phenoxy) is 2. The third-order valence-corrected chi connectivity index (χ3v) is 4.20. The fourth-order valence-electron chi connectivity index (χ4n) is 2.22. The number of esters is 1. The molecule has 0 aliphatic heterocycles. The number of nitrogens with one attached hydrogen (secondary N) is 1. The number of methoxy groups -OCH3 is 1. The highest BCUT2D eigenvalue weighted by Gasteiger charge is 2.14. The van der Waals surface area contributed by atoms with Crippen LogP contribution in [0.15, 0.2) is 46.9 Å². The molecule has 0 radical (unpaired) electrons. The normalized spacial score (nSPS) is 10.5. The van der Waals surface area contributed by atoms with Crippen LogP contribution in [0.4, 0.5) is 5.69 Å². The molecule has 0 saturated carbocycles. The quantitative estimate of drug-likeness (QED) is 0.647. The Labute approximate surface area is 161 Å². The van der Waals surface area contributed by atoms with E-state index in [9.17, 15) is 9.59 Å². The molecule has 138 valence electrons. The number of amides is 1. The van der Waals surface area contributed by atoms with Crippen LogP contribution >= 0.6 is 15.9 Å². The minimum Gasteiger partial charge on any atom is -0.493 e. The zero-order chi connectivity index (χ0) is 19.1. The van der Waals surface area contributed by atoms with Crippen molar-refractivity contribution in [2.75, 3.05) is 19.0 Å².